The summed E-state index contributed by atoms with van der Waals surface area (Å²) in [6.07, 6.45) is 7.66. The topological polar surface area (TPSA) is 38.8 Å². The molecule has 2 heterocycles. The summed E-state index contributed by atoms with van der Waals surface area (Å²) >= 11 is 0. The van der Waals surface area contributed by atoms with Crippen LogP contribution in [0.25, 0.3) is 49.6 Å². The lowest BCUT2D eigenvalue weighted by Gasteiger charge is -2.36. The van der Waals surface area contributed by atoms with Crippen LogP contribution in [0.2, 0.25) is 0 Å². The van der Waals surface area contributed by atoms with Gasteiger partial charge in [-0.2, -0.15) is 4.62 Å². The first-order valence-corrected chi connectivity index (χ1v) is 20.1. The summed E-state index contributed by atoms with van der Waals surface area (Å²) in [5.74, 6) is 0. The minimum Gasteiger partial charge on any atom is -0.398 e. The molecule has 0 bridgehead atoms. The molecular weight excluding hydrogens is 664 g/mol. The van der Waals surface area contributed by atoms with Crippen molar-refractivity contribution in [2.24, 2.45) is 0 Å². The predicted octanol–water partition coefficient (Wildman–Crippen LogP) is 11.8. The average Bonchev–Trinajstić information content (AvgIpc) is 3.35. The molecule has 0 aliphatic carbocycles. The van der Waals surface area contributed by atoms with Crippen molar-refractivity contribution in [3.8, 4) is 0 Å². The van der Waals surface area contributed by atoms with Crippen LogP contribution in [-0.2, 0) is 0 Å². The van der Waals surface area contributed by atoms with E-state index in [9.17, 15) is 0 Å². The fraction of sp³-hybridized carbons (Fsp3) is 0.111. The van der Waals surface area contributed by atoms with Gasteiger partial charge >= 0.3 is 8.24 Å². The molecule has 1 atom stereocenters. The molecule has 0 fully saturated rings. The summed E-state index contributed by atoms with van der Waals surface area (Å²) in [4.78, 5) is 0. The third kappa shape index (κ3) is 5.94. The maximum Gasteiger partial charge on any atom is 0.411 e. The van der Waals surface area contributed by atoms with Crippen LogP contribution in [0.15, 0.2) is 166 Å². The van der Waals surface area contributed by atoms with Gasteiger partial charge < -0.3 is 8.39 Å². The molecule has 0 amide bonds. The number of para-hydroxylation sites is 1. The SMILES string of the molecule is CCCCC1C=Cc2cccc(P(c3ccccc3)c3ccccc3)c2N1Op1oc2ccc3ccccc3c2c2c(ccc3ccccc32)o1. The molecule has 1 aliphatic heterocycles. The van der Waals surface area contributed by atoms with E-state index in [-0.39, 0.29) is 6.04 Å². The van der Waals surface area contributed by atoms with Crippen molar-refractivity contribution in [2.75, 3.05) is 5.06 Å². The Bertz CT molecular complexity index is 2450. The van der Waals surface area contributed by atoms with Crippen LogP contribution in [0, 0.1) is 0 Å². The molecule has 1 aliphatic rings. The molecule has 0 N–H and O–H groups in total. The zero-order chi connectivity index (χ0) is 34.1. The molecule has 0 spiro atoms. The van der Waals surface area contributed by atoms with Gasteiger partial charge in [-0.15, -0.1) is 0 Å². The number of hydroxylamine groups is 1. The Labute approximate surface area is 299 Å². The second-order valence-electron chi connectivity index (χ2n) is 12.9. The number of anilines is 1. The highest BCUT2D eigenvalue weighted by Gasteiger charge is 2.32. The molecule has 250 valence electrons. The van der Waals surface area contributed by atoms with Crippen LogP contribution in [0.4, 0.5) is 5.69 Å². The fourth-order valence-electron chi connectivity index (χ4n) is 7.33. The molecule has 7 aromatic carbocycles. The summed E-state index contributed by atoms with van der Waals surface area (Å²) in [5, 5.41) is 12.6. The number of fused-ring (bicyclic) bond motifs is 8. The van der Waals surface area contributed by atoms with Gasteiger partial charge in [-0.25, -0.2) is 5.06 Å². The molecule has 8 aromatic rings. The van der Waals surface area contributed by atoms with Gasteiger partial charge in [-0.05, 0) is 58.6 Å². The zero-order valence-electron chi connectivity index (χ0n) is 28.4. The lowest BCUT2D eigenvalue weighted by atomic mass is 9.99. The molecular formula is C45H37NO3P2. The normalized spacial score (nSPS) is 14.2. The van der Waals surface area contributed by atoms with Gasteiger partial charge in [0.15, 0.2) is 0 Å². The smallest absolute Gasteiger partial charge is 0.398 e. The second kappa shape index (κ2) is 13.9. The van der Waals surface area contributed by atoms with Crippen LogP contribution in [0.5, 0.6) is 0 Å². The summed E-state index contributed by atoms with van der Waals surface area (Å²) in [7, 11) is -2.81. The van der Waals surface area contributed by atoms with Gasteiger partial charge in [0.05, 0.1) is 11.7 Å². The van der Waals surface area contributed by atoms with E-state index >= 15 is 0 Å². The van der Waals surface area contributed by atoms with Crippen molar-refractivity contribution in [1.82, 2.24) is 0 Å². The van der Waals surface area contributed by atoms with Crippen molar-refractivity contribution in [2.45, 2.75) is 32.2 Å². The Morgan fingerprint density at radius 1 is 0.627 bits per heavy atom. The van der Waals surface area contributed by atoms with E-state index in [1.54, 1.807) is 0 Å². The van der Waals surface area contributed by atoms with Crippen LogP contribution in [0.1, 0.15) is 31.7 Å². The van der Waals surface area contributed by atoms with Crippen molar-refractivity contribution < 1.29 is 13.0 Å². The number of hydrogen-bond donors (Lipinski definition) is 0. The van der Waals surface area contributed by atoms with Gasteiger partial charge in [0.2, 0.25) is 0 Å². The van der Waals surface area contributed by atoms with Gasteiger partial charge in [0, 0.05) is 21.6 Å². The van der Waals surface area contributed by atoms with Crippen LogP contribution in [0.3, 0.4) is 0 Å². The largest absolute Gasteiger partial charge is 0.411 e. The molecule has 0 saturated heterocycles. The second-order valence-corrected chi connectivity index (χ2v) is 16.1. The zero-order valence-corrected chi connectivity index (χ0v) is 30.1. The molecule has 0 radical (unpaired) electrons. The molecule has 4 nitrogen and oxygen atoms in total. The first kappa shape index (κ1) is 31.8. The van der Waals surface area contributed by atoms with E-state index in [0.717, 1.165) is 74.0 Å². The monoisotopic (exact) mass is 701 g/mol. The Kier molecular flexibility index (Phi) is 8.67. The highest BCUT2D eigenvalue weighted by molar-refractivity contribution is 7.80. The first-order chi connectivity index (χ1) is 25.3. The van der Waals surface area contributed by atoms with Crippen LogP contribution in [-0.4, -0.2) is 6.04 Å². The summed E-state index contributed by atoms with van der Waals surface area (Å²) in [6.45, 7) is 2.24. The van der Waals surface area contributed by atoms with E-state index in [0.29, 0.717) is 0 Å². The molecule has 6 heteroatoms. The highest BCUT2D eigenvalue weighted by Crippen LogP contribution is 2.45. The van der Waals surface area contributed by atoms with Gasteiger partial charge in [0.25, 0.3) is 0 Å². The lowest BCUT2D eigenvalue weighted by molar-refractivity contribution is 0.302. The third-order valence-corrected chi connectivity index (χ3v) is 13.2. The number of nitrogens with zero attached hydrogens (tertiary/aromatic N) is 1. The Hall–Kier alpha value is -5.11. The van der Waals surface area contributed by atoms with Crippen molar-refractivity contribution >= 4 is 87.3 Å². The van der Waals surface area contributed by atoms with Crippen LogP contribution < -0.4 is 25.6 Å². The quantitative estimate of drug-likeness (QED) is 0.148. The van der Waals surface area contributed by atoms with Gasteiger partial charge in [-0.1, -0.05) is 171 Å². The fourth-order valence-corrected chi connectivity index (χ4v) is 10.9. The Morgan fingerprint density at radius 2 is 1.20 bits per heavy atom. The van der Waals surface area contributed by atoms with Crippen molar-refractivity contribution in [3.05, 3.63) is 163 Å². The number of unbranched alkanes of at least 4 members (excludes halogenated alkanes) is 1. The lowest BCUT2D eigenvalue weighted by Crippen LogP contribution is -2.42. The maximum atomic E-state index is 7.16. The minimum absolute atomic E-state index is 0.00657. The highest BCUT2D eigenvalue weighted by atomic mass is 31.1. The number of rotatable bonds is 8. The van der Waals surface area contributed by atoms with E-state index in [2.05, 4.69) is 176 Å². The van der Waals surface area contributed by atoms with Crippen molar-refractivity contribution in [1.29, 1.82) is 0 Å². The first-order valence-electron chi connectivity index (χ1n) is 17.7. The molecule has 1 aromatic heterocycles. The van der Waals surface area contributed by atoms with E-state index in [4.69, 9.17) is 13.0 Å². The minimum atomic E-state index is -1.91. The Morgan fingerprint density at radius 3 is 1.78 bits per heavy atom. The summed E-state index contributed by atoms with van der Waals surface area (Å²) in [5.41, 5.74) is 3.73. The van der Waals surface area contributed by atoms with Crippen molar-refractivity contribution in [3.63, 3.8) is 0 Å². The molecule has 0 saturated carbocycles. The average molecular weight is 702 g/mol. The molecule has 1 unspecified atom stereocenters. The van der Waals surface area contributed by atoms with Gasteiger partial charge in [0.1, 0.15) is 11.2 Å². The third-order valence-electron chi connectivity index (χ3n) is 9.72. The summed E-state index contributed by atoms with van der Waals surface area (Å²) in [6, 6.07) is 53.8. The van der Waals surface area contributed by atoms with E-state index in [1.165, 1.54) is 15.9 Å². The predicted molar refractivity (Wildman–Crippen MR) is 218 cm³/mol. The van der Waals surface area contributed by atoms with Gasteiger partial charge in [-0.3, -0.25) is 0 Å². The van der Waals surface area contributed by atoms with Crippen LogP contribution >= 0.6 is 16.2 Å². The Balaban J connectivity index is 1.28. The summed E-state index contributed by atoms with van der Waals surface area (Å²) < 4.78 is 21.0. The standard InChI is InChI=1S/C45H37NO3P2/c1-2-3-18-35-29-26-34-17-14-25-42(50(36-19-6-4-7-20-36)37-21-8-5-9-22-37)45(34)46(35)49-51-47-40-30-27-32-15-10-12-23-38(32)43(40)44-39-24-13-11-16-33(39)28-31-41(44)48-51/h4-17,19-31,35H,2-3,18H2,1H3. The molecule has 51 heavy (non-hydrogen) atoms. The maximum absolute atomic E-state index is 7.16. The van der Waals surface area contributed by atoms with E-state index in [1.807, 2.05) is 0 Å². The van der Waals surface area contributed by atoms with E-state index < -0.39 is 16.2 Å². The molecule has 9 rings (SSSR count). The number of hydrogen-bond acceptors (Lipinski definition) is 4. The number of benzene rings is 7.